The van der Waals surface area contributed by atoms with E-state index in [0.717, 1.165) is 0 Å². The maximum absolute atomic E-state index is 12.1. The quantitative estimate of drug-likeness (QED) is 0.464. The van der Waals surface area contributed by atoms with Crippen molar-refractivity contribution in [3.8, 4) is 5.69 Å². The summed E-state index contributed by atoms with van der Waals surface area (Å²) in [5.74, 6) is -0.176. The molecule has 7 heteroatoms. The van der Waals surface area contributed by atoms with Gasteiger partial charge in [0, 0.05) is 12.3 Å². The van der Waals surface area contributed by atoms with Crippen LogP contribution < -0.4 is 0 Å². The van der Waals surface area contributed by atoms with Gasteiger partial charge >= 0.3 is 5.97 Å². The fraction of sp³-hybridized carbons (Fsp3) is 0.375. The average molecular weight is 317 g/mol. The molecule has 7 nitrogen and oxygen atoms in total. The van der Waals surface area contributed by atoms with Crippen LogP contribution in [0.3, 0.4) is 0 Å². The Labute approximate surface area is 134 Å². The lowest BCUT2D eigenvalue weighted by atomic mass is 10.1. The van der Waals surface area contributed by atoms with E-state index in [1.807, 2.05) is 13.8 Å². The highest BCUT2D eigenvalue weighted by Gasteiger charge is 2.22. The number of esters is 1. The summed E-state index contributed by atoms with van der Waals surface area (Å²) in [6, 6.07) is 6.28. The molecule has 0 spiro atoms. The molecule has 0 saturated heterocycles. The molecular weight excluding hydrogens is 298 g/mol. The molecule has 2 aromatic rings. The Hall–Kier alpha value is -2.70. The Bertz CT molecular complexity index is 722. The number of nitrogens with zero attached hydrogens (tertiary/aromatic N) is 3. The van der Waals surface area contributed by atoms with Gasteiger partial charge in [0.25, 0.3) is 5.69 Å². The highest BCUT2D eigenvalue weighted by molar-refractivity contribution is 5.90. The van der Waals surface area contributed by atoms with Gasteiger partial charge in [-0.25, -0.2) is 9.48 Å². The van der Waals surface area contributed by atoms with Crippen LogP contribution >= 0.6 is 0 Å². The average Bonchev–Trinajstić information content (AvgIpc) is 2.90. The zero-order valence-corrected chi connectivity index (χ0v) is 13.4. The summed E-state index contributed by atoms with van der Waals surface area (Å²) in [7, 11) is 0. The van der Waals surface area contributed by atoms with Gasteiger partial charge < -0.3 is 4.74 Å². The third-order valence-electron chi connectivity index (χ3n) is 3.21. The number of ether oxygens (including phenoxy) is 1. The maximum atomic E-state index is 12.1. The van der Waals surface area contributed by atoms with Crippen molar-refractivity contribution < 1.29 is 14.5 Å². The highest BCUT2D eigenvalue weighted by atomic mass is 16.6. The third-order valence-corrected chi connectivity index (χ3v) is 3.21. The van der Waals surface area contributed by atoms with Crippen molar-refractivity contribution in [1.29, 1.82) is 0 Å². The molecule has 1 heterocycles. The number of nitro benzene ring substituents is 1. The molecule has 23 heavy (non-hydrogen) atoms. The lowest BCUT2D eigenvalue weighted by Gasteiger charge is -2.04. The summed E-state index contributed by atoms with van der Waals surface area (Å²) in [5, 5.41) is 15.6. The second-order valence-electron chi connectivity index (χ2n) is 5.50. The second kappa shape index (κ2) is 7.04. The van der Waals surface area contributed by atoms with E-state index in [1.54, 1.807) is 25.1 Å². The largest absolute Gasteiger partial charge is 0.462 e. The van der Waals surface area contributed by atoms with E-state index in [0.29, 0.717) is 23.4 Å². The monoisotopic (exact) mass is 317 g/mol. The van der Waals surface area contributed by atoms with Gasteiger partial charge in [-0.3, -0.25) is 10.1 Å². The topological polar surface area (TPSA) is 87.3 Å². The van der Waals surface area contributed by atoms with Gasteiger partial charge in [-0.2, -0.15) is 5.10 Å². The fourth-order valence-electron chi connectivity index (χ4n) is 2.26. The lowest BCUT2D eigenvalue weighted by molar-refractivity contribution is -0.384. The van der Waals surface area contributed by atoms with Crippen molar-refractivity contribution >= 4 is 11.7 Å². The van der Waals surface area contributed by atoms with Crippen molar-refractivity contribution in [2.24, 2.45) is 5.92 Å². The van der Waals surface area contributed by atoms with Gasteiger partial charge in [-0.05, 0) is 25.3 Å². The summed E-state index contributed by atoms with van der Waals surface area (Å²) in [5.41, 5.74) is 1.18. The maximum Gasteiger partial charge on any atom is 0.341 e. The molecule has 122 valence electrons. The standard InChI is InChI=1S/C16H19N3O4/c1-4-23-16(20)12-10-18(17-13(12)9-11(2)3)14-7-5-6-8-15(14)19(21)22/h5-8,10-11H,4,9H2,1-3H3. The zero-order chi connectivity index (χ0) is 17.0. The molecule has 0 amide bonds. The number of benzene rings is 1. The van der Waals surface area contributed by atoms with E-state index >= 15 is 0 Å². The van der Waals surface area contributed by atoms with E-state index in [9.17, 15) is 14.9 Å². The Kier molecular flexibility index (Phi) is 5.10. The van der Waals surface area contributed by atoms with Crippen molar-refractivity contribution in [2.45, 2.75) is 27.2 Å². The molecule has 0 saturated carbocycles. The van der Waals surface area contributed by atoms with E-state index in [1.165, 1.54) is 16.9 Å². The first-order valence-corrected chi connectivity index (χ1v) is 7.43. The third kappa shape index (κ3) is 3.74. The van der Waals surface area contributed by atoms with Crippen LogP contribution in [0.1, 0.15) is 36.8 Å². The zero-order valence-electron chi connectivity index (χ0n) is 13.4. The number of aromatic nitrogens is 2. The van der Waals surface area contributed by atoms with Crippen molar-refractivity contribution in [3.05, 3.63) is 51.8 Å². The summed E-state index contributed by atoms with van der Waals surface area (Å²) < 4.78 is 6.43. The molecule has 0 aliphatic carbocycles. The van der Waals surface area contributed by atoms with E-state index in [4.69, 9.17) is 4.74 Å². The summed E-state index contributed by atoms with van der Waals surface area (Å²) in [6.45, 7) is 6.01. The SMILES string of the molecule is CCOC(=O)c1cn(-c2ccccc2[N+](=O)[O-])nc1CC(C)C. The van der Waals surface area contributed by atoms with Gasteiger partial charge in [-0.15, -0.1) is 0 Å². The smallest absolute Gasteiger partial charge is 0.341 e. The molecule has 2 rings (SSSR count). The first-order chi connectivity index (χ1) is 10.9. The summed E-state index contributed by atoms with van der Waals surface area (Å²) >= 11 is 0. The number of nitro groups is 1. The predicted octanol–water partition coefficient (Wildman–Crippen LogP) is 3.16. The molecule has 0 bridgehead atoms. The number of carbonyl (C=O) groups is 1. The minimum atomic E-state index is -0.469. The minimum Gasteiger partial charge on any atom is -0.462 e. The van der Waals surface area contributed by atoms with Crippen LogP contribution in [0.4, 0.5) is 5.69 Å². The van der Waals surface area contributed by atoms with E-state index < -0.39 is 10.9 Å². The Morgan fingerprint density at radius 1 is 1.39 bits per heavy atom. The molecule has 1 aromatic carbocycles. The van der Waals surface area contributed by atoms with Gasteiger partial charge in [0.1, 0.15) is 11.3 Å². The molecule has 0 atom stereocenters. The van der Waals surface area contributed by atoms with Crippen LogP contribution in [0.5, 0.6) is 0 Å². The van der Waals surface area contributed by atoms with E-state index in [-0.39, 0.29) is 18.2 Å². The predicted molar refractivity (Wildman–Crippen MR) is 84.7 cm³/mol. The Balaban J connectivity index is 2.52. The Morgan fingerprint density at radius 2 is 2.09 bits per heavy atom. The minimum absolute atomic E-state index is 0.0681. The molecule has 0 aliphatic rings. The highest BCUT2D eigenvalue weighted by Crippen LogP contribution is 2.24. The number of carbonyl (C=O) groups excluding carboxylic acids is 1. The molecule has 0 radical (unpaired) electrons. The normalized spacial score (nSPS) is 10.8. The van der Waals surface area contributed by atoms with Crippen LogP contribution in [0.2, 0.25) is 0 Å². The molecule has 0 unspecified atom stereocenters. The van der Waals surface area contributed by atoms with Gasteiger partial charge in [0.05, 0.1) is 17.2 Å². The van der Waals surface area contributed by atoms with E-state index in [2.05, 4.69) is 5.10 Å². The fourth-order valence-corrected chi connectivity index (χ4v) is 2.26. The summed E-state index contributed by atoms with van der Waals surface area (Å²) in [6.07, 6.45) is 2.08. The van der Waals surface area contributed by atoms with Gasteiger partial charge in [0.2, 0.25) is 0 Å². The molecular formula is C16H19N3O4. The molecule has 0 N–H and O–H groups in total. The van der Waals surface area contributed by atoms with Crippen molar-refractivity contribution in [2.75, 3.05) is 6.61 Å². The molecule has 0 aliphatic heterocycles. The van der Waals surface area contributed by atoms with Crippen LogP contribution in [-0.4, -0.2) is 27.3 Å². The number of para-hydroxylation sites is 2. The first kappa shape index (κ1) is 16.7. The summed E-state index contributed by atoms with van der Waals surface area (Å²) in [4.78, 5) is 22.8. The van der Waals surface area contributed by atoms with Crippen LogP contribution in [0.25, 0.3) is 5.69 Å². The Morgan fingerprint density at radius 3 is 2.70 bits per heavy atom. The molecule has 1 aromatic heterocycles. The number of rotatable bonds is 6. The van der Waals surface area contributed by atoms with Crippen LogP contribution in [0.15, 0.2) is 30.5 Å². The van der Waals surface area contributed by atoms with Gasteiger partial charge in [-0.1, -0.05) is 26.0 Å². The lowest BCUT2D eigenvalue weighted by Crippen LogP contribution is -2.08. The second-order valence-corrected chi connectivity index (χ2v) is 5.50. The number of hydrogen-bond donors (Lipinski definition) is 0. The van der Waals surface area contributed by atoms with Crippen molar-refractivity contribution in [1.82, 2.24) is 9.78 Å². The number of hydrogen-bond acceptors (Lipinski definition) is 5. The van der Waals surface area contributed by atoms with Crippen LogP contribution in [0, 0.1) is 16.0 Å². The molecule has 0 fully saturated rings. The van der Waals surface area contributed by atoms with Crippen LogP contribution in [-0.2, 0) is 11.2 Å². The van der Waals surface area contributed by atoms with Crippen molar-refractivity contribution in [3.63, 3.8) is 0 Å². The first-order valence-electron chi connectivity index (χ1n) is 7.43. The van der Waals surface area contributed by atoms with Gasteiger partial charge in [0.15, 0.2) is 0 Å².